The van der Waals surface area contributed by atoms with Crippen LogP contribution in [-0.2, 0) is 18.9 Å². The molecule has 2 aliphatic rings. The van der Waals surface area contributed by atoms with E-state index in [1.165, 1.54) is 24.3 Å². The van der Waals surface area contributed by atoms with Crippen molar-refractivity contribution >= 4 is 5.97 Å². The van der Waals surface area contributed by atoms with Crippen LogP contribution in [0, 0.1) is 0 Å². The van der Waals surface area contributed by atoms with E-state index < -0.39 is 80.6 Å². The third kappa shape index (κ3) is 5.02. The number of benzene rings is 1. The second-order valence-electron chi connectivity index (χ2n) is 7.46. The summed E-state index contributed by atoms with van der Waals surface area (Å²) >= 11 is 0. The van der Waals surface area contributed by atoms with E-state index in [-0.39, 0.29) is 11.3 Å². The van der Waals surface area contributed by atoms with Crippen LogP contribution in [0.25, 0.3) is 0 Å². The number of aromatic hydroxyl groups is 1. The zero-order chi connectivity index (χ0) is 23.6. The van der Waals surface area contributed by atoms with E-state index >= 15 is 0 Å². The molecule has 3 rings (SSSR count). The van der Waals surface area contributed by atoms with Crippen molar-refractivity contribution in [2.75, 3.05) is 13.2 Å². The summed E-state index contributed by atoms with van der Waals surface area (Å²) in [6.07, 6.45) is -16.4. The highest BCUT2D eigenvalue weighted by Crippen LogP contribution is 2.29. The number of hydrogen-bond acceptors (Lipinski definition) is 13. The van der Waals surface area contributed by atoms with Gasteiger partial charge in [-0.15, -0.1) is 0 Å². The van der Waals surface area contributed by atoms with Crippen molar-refractivity contribution in [3.05, 3.63) is 29.8 Å². The Bertz CT molecular complexity index is 756. The fraction of sp³-hybridized carbons (Fsp3) is 0.632. The molecule has 0 saturated carbocycles. The molecular weight excluding hydrogens is 436 g/mol. The first-order chi connectivity index (χ1) is 15.2. The van der Waals surface area contributed by atoms with Crippen molar-refractivity contribution in [3.63, 3.8) is 0 Å². The average Bonchev–Trinajstić information content (AvgIpc) is 2.78. The second kappa shape index (κ2) is 10.4. The first-order valence-electron chi connectivity index (χ1n) is 9.76. The van der Waals surface area contributed by atoms with Gasteiger partial charge in [0, 0.05) is 0 Å². The molecule has 0 unspecified atom stereocenters. The lowest BCUT2D eigenvalue weighted by Crippen LogP contribution is -2.64. The molecule has 8 N–H and O–H groups in total. The molecular formula is C19H26O13. The standard InChI is InChI=1S/C19H26O13/c20-5-9-11(23)13(25)14(26)18(29-9)32-19-15(27)16(12(24)10(6-21)30-19)31-17(28)7-1-3-8(22)4-2-7/h1-4,9-16,18-27H,5-6H2/t9-,10-,11-,12-,13+,14-,15-,16+,18-,19-/m1/s1. The van der Waals surface area contributed by atoms with Crippen LogP contribution >= 0.6 is 0 Å². The Morgan fingerprint density at radius 1 is 0.781 bits per heavy atom. The number of ether oxygens (including phenoxy) is 4. The van der Waals surface area contributed by atoms with Gasteiger partial charge in [-0.05, 0) is 24.3 Å². The zero-order valence-electron chi connectivity index (χ0n) is 16.6. The molecule has 0 aromatic heterocycles. The van der Waals surface area contributed by atoms with E-state index in [4.69, 9.17) is 18.9 Å². The summed E-state index contributed by atoms with van der Waals surface area (Å²) in [7, 11) is 0. The molecule has 32 heavy (non-hydrogen) atoms. The van der Waals surface area contributed by atoms with Gasteiger partial charge in [0.2, 0.25) is 0 Å². The fourth-order valence-electron chi connectivity index (χ4n) is 3.41. The number of phenolic OH excluding ortho intramolecular Hbond substituents is 1. The molecule has 13 nitrogen and oxygen atoms in total. The number of carbonyl (C=O) groups is 1. The van der Waals surface area contributed by atoms with Gasteiger partial charge in [0.1, 0.15) is 48.5 Å². The van der Waals surface area contributed by atoms with E-state index in [2.05, 4.69) is 0 Å². The van der Waals surface area contributed by atoms with Crippen molar-refractivity contribution in [1.82, 2.24) is 0 Å². The number of carbonyl (C=O) groups excluding carboxylic acids is 1. The lowest BCUT2D eigenvalue weighted by Gasteiger charge is -2.45. The molecule has 10 atom stereocenters. The van der Waals surface area contributed by atoms with Crippen LogP contribution in [0.3, 0.4) is 0 Å². The van der Waals surface area contributed by atoms with Gasteiger partial charge >= 0.3 is 5.97 Å². The molecule has 2 heterocycles. The van der Waals surface area contributed by atoms with Crippen molar-refractivity contribution in [2.24, 2.45) is 0 Å². The van der Waals surface area contributed by atoms with Crippen LogP contribution in [-0.4, -0.2) is 121 Å². The van der Waals surface area contributed by atoms with E-state index in [9.17, 15) is 45.6 Å². The fourth-order valence-corrected chi connectivity index (χ4v) is 3.41. The highest BCUT2D eigenvalue weighted by molar-refractivity contribution is 5.89. The lowest BCUT2D eigenvalue weighted by molar-refractivity contribution is -0.376. The SMILES string of the molecule is O=C(O[C@@H]1[C@@H](O)[C@@H](O[C@H]2O[C@H](CO)[C@@H](O)[C@H](O)[C@H]2O)O[C@H](CO)[C@H]1O)c1ccc(O)cc1. The second-order valence-corrected chi connectivity index (χ2v) is 7.46. The Morgan fingerprint density at radius 2 is 1.31 bits per heavy atom. The summed E-state index contributed by atoms with van der Waals surface area (Å²) in [6.45, 7) is -1.47. The Morgan fingerprint density at radius 3 is 1.88 bits per heavy atom. The predicted molar refractivity (Wildman–Crippen MR) is 99.9 cm³/mol. The molecule has 0 bridgehead atoms. The van der Waals surface area contributed by atoms with Gasteiger partial charge in [-0.3, -0.25) is 0 Å². The molecule has 1 aromatic rings. The van der Waals surface area contributed by atoms with E-state index in [0.29, 0.717) is 0 Å². The molecule has 2 saturated heterocycles. The minimum absolute atomic E-state index is 0.000595. The minimum atomic E-state index is -1.83. The van der Waals surface area contributed by atoms with Crippen molar-refractivity contribution in [3.8, 4) is 5.75 Å². The largest absolute Gasteiger partial charge is 0.508 e. The Kier molecular flexibility index (Phi) is 8.00. The average molecular weight is 462 g/mol. The number of esters is 1. The smallest absolute Gasteiger partial charge is 0.338 e. The molecule has 0 spiro atoms. The number of hydrogen-bond donors (Lipinski definition) is 8. The van der Waals surface area contributed by atoms with Gasteiger partial charge in [-0.2, -0.15) is 0 Å². The minimum Gasteiger partial charge on any atom is -0.508 e. The van der Waals surface area contributed by atoms with Gasteiger partial charge in [-0.1, -0.05) is 0 Å². The summed E-state index contributed by atoms with van der Waals surface area (Å²) in [4.78, 5) is 12.4. The van der Waals surface area contributed by atoms with Crippen LogP contribution in [0.15, 0.2) is 24.3 Å². The maximum atomic E-state index is 12.4. The summed E-state index contributed by atoms with van der Waals surface area (Å²) in [6, 6.07) is 4.96. The van der Waals surface area contributed by atoms with Crippen LogP contribution in [0.5, 0.6) is 5.75 Å². The van der Waals surface area contributed by atoms with Crippen LogP contribution < -0.4 is 0 Å². The van der Waals surface area contributed by atoms with Gasteiger partial charge in [0.15, 0.2) is 18.7 Å². The molecule has 0 aliphatic carbocycles. The molecule has 13 heteroatoms. The number of rotatable bonds is 6. The maximum absolute atomic E-state index is 12.4. The summed E-state index contributed by atoms with van der Waals surface area (Å²) in [5.74, 6) is -1.06. The van der Waals surface area contributed by atoms with Crippen LogP contribution in [0.1, 0.15) is 10.4 Å². The molecule has 180 valence electrons. The highest BCUT2D eigenvalue weighted by atomic mass is 16.8. The van der Waals surface area contributed by atoms with Gasteiger partial charge in [0.05, 0.1) is 18.8 Å². The first kappa shape index (κ1) is 24.7. The summed E-state index contributed by atoms with van der Waals surface area (Å²) in [5.41, 5.74) is 0.000595. The third-order valence-corrected chi connectivity index (χ3v) is 5.28. The van der Waals surface area contributed by atoms with Crippen LogP contribution in [0.2, 0.25) is 0 Å². The number of aliphatic hydroxyl groups is 7. The van der Waals surface area contributed by atoms with Gasteiger partial charge < -0.3 is 59.8 Å². The van der Waals surface area contributed by atoms with Gasteiger partial charge in [-0.25, -0.2) is 4.79 Å². The summed E-state index contributed by atoms with van der Waals surface area (Å²) < 4.78 is 21.0. The van der Waals surface area contributed by atoms with E-state index in [1.54, 1.807) is 0 Å². The molecule has 1 aromatic carbocycles. The quantitative estimate of drug-likeness (QED) is 0.190. The highest BCUT2D eigenvalue weighted by Gasteiger charge is 2.51. The number of phenols is 1. The summed E-state index contributed by atoms with van der Waals surface area (Å²) in [5, 5.41) is 78.9. The monoisotopic (exact) mass is 462 g/mol. The molecule has 0 radical (unpaired) electrons. The van der Waals surface area contributed by atoms with Crippen molar-refractivity contribution in [1.29, 1.82) is 0 Å². The molecule has 0 amide bonds. The topological polar surface area (TPSA) is 216 Å². The molecule has 2 aliphatic heterocycles. The normalized spacial score (nSPS) is 40.1. The van der Waals surface area contributed by atoms with E-state index in [0.717, 1.165) is 0 Å². The predicted octanol–water partition coefficient (Wildman–Crippen LogP) is -3.83. The lowest BCUT2D eigenvalue weighted by atomic mass is 9.98. The third-order valence-electron chi connectivity index (χ3n) is 5.28. The van der Waals surface area contributed by atoms with E-state index in [1.807, 2.05) is 0 Å². The number of aliphatic hydroxyl groups excluding tert-OH is 7. The van der Waals surface area contributed by atoms with Gasteiger partial charge in [0.25, 0.3) is 0 Å². The Balaban J connectivity index is 1.75. The van der Waals surface area contributed by atoms with Crippen LogP contribution in [0.4, 0.5) is 0 Å². The Labute approximate surface area is 181 Å². The van der Waals surface area contributed by atoms with Crippen molar-refractivity contribution < 1.29 is 64.6 Å². The molecule has 2 fully saturated rings. The Hall–Kier alpha value is -1.91. The van der Waals surface area contributed by atoms with Crippen molar-refractivity contribution in [2.45, 2.75) is 61.4 Å². The maximum Gasteiger partial charge on any atom is 0.338 e. The zero-order valence-corrected chi connectivity index (χ0v) is 16.6. The first-order valence-corrected chi connectivity index (χ1v) is 9.76.